The number of oxime groups is 1. The topological polar surface area (TPSA) is 247 Å². The van der Waals surface area contributed by atoms with Crippen LogP contribution in [0.5, 0.6) is 0 Å². The number of carboxylic acids is 2. The quantitative estimate of drug-likeness (QED) is 0.0610. The number of fused-ring (bicyclic) bond motifs is 2. The number of carbonyl (C=O) groups is 4. The van der Waals surface area contributed by atoms with E-state index in [9.17, 15) is 24.3 Å². The highest BCUT2D eigenvalue weighted by Gasteiger charge is 2.53. The zero-order chi connectivity index (χ0) is 32.6. The third-order valence-electron chi connectivity index (χ3n) is 6.97. The van der Waals surface area contributed by atoms with E-state index < -0.39 is 47.0 Å². The van der Waals surface area contributed by atoms with Crippen LogP contribution in [0.1, 0.15) is 12.6 Å². The Bertz CT molecular complexity index is 1770. The number of nitrogens with two attached hydrogens (primary N) is 2. The van der Waals surface area contributed by atoms with Crippen molar-refractivity contribution in [2.45, 2.75) is 37.5 Å². The Hall–Kier alpha value is -4.46. The monoisotopic (exact) mass is 678 g/mol. The first-order chi connectivity index (χ1) is 21.4. The maximum atomic E-state index is 13.3. The number of anilines is 2. The summed E-state index contributed by atoms with van der Waals surface area (Å²) in [5.74, 6) is -4.07. The van der Waals surface area contributed by atoms with Crippen LogP contribution in [0.15, 0.2) is 34.8 Å². The minimum atomic E-state index is -1.55. The Balaban J connectivity index is 1.39. The van der Waals surface area contributed by atoms with E-state index in [0.29, 0.717) is 30.3 Å². The van der Waals surface area contributed by atoms with Gasteiger partial charge < -0.3 is 41.9 Å². The van der Waals surface area contributed by atoms with Crippen molar-refractivity contribution in [1.29, 1.82) is 0 Å². The number of hydrogen-bond donors (Lipinski definition) is 5. The van der Waals surface area contributed by atoms with Gasteiger partial charge in [-0.05, 0) is 31.1 Å². The molecule has 17 nitrogen and oxygen atoms in total. The molecular weight excluding hydrogens is 652 g/mol. The van der Waals surface area contributed by atoms with Crippen molar-refractivity contribution in [3.05, 3.63) is 39.6 Å². The van der Waals surface area contributed by atoms with E-state index in [2.05, 4.69) is 25.8 Å². The van der Waals surface area contributed by atoms with E-state index in [0.717, 1.165) is 21.8 Å². The molecule has 2 aliphatic heterocycles. The number of aromatic nitrogens is 4. The SMILES string of the molecule is CNCCn1c(N)nc2c1ccc[n+]2CC1=C(C(=O)[O-])N2C(=O)C(NC(=O)/C(=N\O[C@@H](C)C(=O)O)c3nc(N)sc3Cl)[C@H]2SC1. The van der Waals surface area contributed by atoms with Gasteiger partial charge in [0, 0.05) is 24.4 Å². The molecule has 5 heterocycles. The number of thioether (sulfide) groups is 1. The normalized spacial score (nSPS) is 18.9. The molecule has 0 aromatic carbocycles. The highest BCUT2D eigenvalue weighted by Crippen LogP contribution is 2.40. The van der Waals surface area contributed by atoms with Gasteiger partial charge in [-0.15, -0.1) is 11.8 Å². The summed E-state index contributed by atoms with van der Waals surface area (Å²) in [6.07, 6.45) is 0.313. The highest BCUT2D eigenvalue weighted by atomic mass is 35.5. The van der Waals surface area contributed by atoms with Crippen LogP contribution in [-0.4, -0.2) is 90.9 Å². The molecule has 1 fully saturated rings. The number of hydrogen-bond acceptors (Lipinski definition) is 14. The van der Waals surface area contributed by atoms with Crippen molar-refractivity contribution in [2.75, 3.05) is 30.8 Å². The van der Waals surface area contributed by atoms with Gasteiger partial charge in [0.15, 0.2) is 10.8 Å². The average Bonchev–Trinajstić information content (AvgIpc) is 3.51. The maximum absolute atomic E-state index is 13.3. The van der Waals surface area contributed by atoms with Crippen LogP contribution in [-0.2, 0) is 37.1 Å². The number of aliphatic carboxylic acids is 2. The highest BCUT2D eigenvalue weighted by molar-refractivity contribution is 8.00. The Morgan fingerprint density at radius 3 is 2.76 bits per heavy atom. The average molecular weight is 679 g/mol. The summed E-state index contributed by atoms with van der Waals surface area (Å²) in [7, 11) is 1.82. The van der Waals surface area contributed by atoms with Crippen molar-refractivity contribution in [3.8, 4) is 0 Å². The molecule has 0 radical (unpaired) electrons. The molecule has 5 rings (SSSR count). The fourth-order valence-electron chi connectivity index (χ4n) is 4.78. The summed E-state index contributed by atoms with van der Waals surface area (Å²) in [6, 6.07) is 2.49. The van der Waals surface area contributed by atoms with Crippen molar-refractivity contribution < 1.29 is 38.8 Å². The molecule has 0 saturated carbocycles. The summed E-state index contributed by atoms with van der Waals surface area (Å²) in [5.41, 5.74) is 12.6. The molecule has 1 saturated heterocycles. The number of amides is 2. The van der Waals surface area contributed by atoms with Gasteiger partial charge >= 0.3 is 17.6 Å². The van der Waals surface area contributed by atoms with Gasteiger partial charge in [0.05, 0.1) is 17.9 Å². The standard InChI is InChI=1S/C25H27ClN10O7S2/c1-10(22(39)40)43-33-14(13-17(26)45-25(28)31-13)19(37)30-15-20(38)36-16(23(41)42)11(9-44-21(15)36)8-34-6-3-4-12-18(34)32-24(27)35(12)7-5-29-2/h3-4,6,10,15,21,27,29H,5,7-9H2,1-2H3,(H5,28,30,31,37,39,40,41,42)/b33-14-/t10-,15?,21+/m0/s1. The molecule has 7 N–H and O–H groups in total. The number of thiazole rings is 1. The van der Waals surface area contributed by atoms with Crippen LogP contribution < -0.4 is 31.8 Å². The van der Waals surface area contributed by atoms with Crippen molar-refractivity contribution in [3.63, 3.8) is 0 Å². The van der Waals surface area contributed by atoms with Crippen LogP contribution in [0.3, 0.4) is 0 Å². The lowest BCUT2D eigenvalue weighted by Gasteiger charge is -2.50. The van der Waals surface area contributed by atoms with Gasteiger partial charge in [0.25, 0.3) is 11.8 Å². The molecule has 45 heavy (non-hydrogen) atoms. The first-order valence-corrected chi connectivity index (χ1v) is 15.5. The van der Waals surface area contributed by atoms with Crippen LogP contribution in [0, 0.1) is 0 Å². The van der Waals surface area contributed by atoms with Crippen molar-refractivity contribution in [1.82, 2.24) is 30.1 Å². The third-order valence-corrected chi connectivity index (χ3v) is 9.40. The van der Waals surface area contributed by atoms with Gasteiger partial charge in [-0.3, -0.25) is 19.1 Å². The largest absolute Gasteiger partial charge is 0.543 e. The number of halogens is 1. The third kappa shape index (κ3) is 6.10. The lowest BCUT2D eigenvalue weighted by atomic mass is 10.0. The predicted octanol–water partition coefficient (Wildman–Crippen LogP) is -1.88. The molecule has 0 bridgehead atoms. The van der Waals surface area contributed by atoms with Crippen LogP contribution in [0.25, 0.3) is 11.2 Å². The van der Waals surface area contributed by atoms with Gasteiger partial charge in [0.2, 0.25) is 6.10 Å². The number of nitrogens with one attached hydrogen (secondary N) is 2. The zero-order valence-electron chi connectivity index (χ0n) is 23.7. The predicted molar refractivity (Wildman–Crippen MR) is 162 cm³/mol. The Morgan fingerprint density at radius 2 is 2.11 bits per heavy atom. The second-order valence-corrected chi connectivity index (χ2v) is 12.6. The van der Waals surface area contributed by atoms with Gasteiger partial charge in [-0.25, -0.2) is 14.3 Å². The molecule has 0 spiro atoms. The molecule has 1 unspecified atom stereocenters. The lowest BCUT2D eigenvalue weighted by Crippen LogP contribution is -2.71. The molecule has 3 atom stereocenters. The minimum absolute atomic E-state index is 0.00719. The number of carbonyl (C=O) groups excluding carboxylic acids is 3. The lowest BCUT2D eigenvalue weighted by molar-refractivity contribution is -0.664. The van der Waals surface area contributed by atoms with Crippen LogP contribution >= 0.6 is 34.7 Å². The molecule has 2 aliphatic rings. The van der Waals surface area contributed by atoms with E-state index in [4.69, 9.17) is 33.0 Å². The Morgan fingerprint density at radius 1 is 1.36 bits per heavy atom. The number of rotatable bonds is 12. The number of β-lactam (4-membered cyclic amide) rings is 1. The minimum Gasteiger partial charge on any atom is -0.543 e. The Labute approximate surface area is 267 Å². The van der Waals surface area contributed by atoms with Crippen molar-refractivity contribution in [2.24, 2.45) is 5.16 Å². The van der Waals surface area contributed by atoms with Gasteiger partial charge in [0.1, 0.15) is 33.5 Å². The number of likely N-dealkylation sites (N-methyl/N-ethyl adjacent to an activating group) is 1. The number of pyridine rings is 1. The molecule has 20 heteroatoms. The van der Waals surface area contributed by atoms with Gasteiger partial charge in [-0.2, -0.15) is 0 Å². The molecule has 0 aliphatic carbocycles. The fourth-order valence-corrected chi connectivity index (χ4v) is 7.05. The maximum Gasteiger partial charge on any atom is 0.351 e. The second-order valence-electron chi connectivity index (χ2n) is 9.87. The summed E-state index contributed by atoms with van der Waals surface area (Å²) in [4.78, 5) is 64.6. The van der Waals surface area contributed by atoms with Gasteiger partial charge in [-0.1, -0.05) is 28.1 Å². The smallest absolute Gasteiger partial charge is 0.351 e. The van der Waals surface area contributed by atoms with Crippen LogP contribution in [0.4, 0.5) is 11.1 Å². The fraction of sp³-hybridized carbons (Fsp3) is 0.360. The summed E-state index contributed by atoms with van der Waals surface area (Å²) >= 11 is 8.24. The van der Waals surface area contributed by atoms with E-state index in [1.807, 2.05) is 17.7 Å². The van der Waals surface area contributed by atoms with Crippen molar-refractivity contribution >= 4 is 86.4 Å². The van der Waals surface area contributed by atoms with E-state index >= 15 is 0 Å². The number of nitrogen functional groups attached to an aromatic ring is 2. The summed E-state index contributed by atoms with van der Waals surface area (Å²) in [6.45, 7) is 2.51. The number of nitrogens with zero attached hydrogens (tertiary/aromatic N) is 6. The van der Waals surface area contributed by atoms with E-state index in [-0.39, 0.29) is 33.2 Å². The molecule has 238 valence electrons. The Kier molecular flexibility index (Phi) is 9.14. The first kappa shape index (κ1) is 31.9. The number of carboxylic acid groups (broad SMARTS) is 2. The van der Waals surface area contributed by atoms with E-state index in [1.54, 1.807) is 16.8 Å². The van der Waals surface area contributed by atoms with Crippen LogP contribution in [0.2, 0.25) is 4.34 Å². The zero-order valence-corrected chi connectivity index (χ0v) is 26.1. The van der Waals surface area contributed by atoms with E-state index in [1.165, 1.54) is 18.7 Å². The molecule has 3 aromatic heterocycles. The molecule has 2 amide bonds. The summed E-state index contributed by atoms with van der Waals surface area (Å²) in [5, 5.41) is 29.9. The summed E-state index contributed by atoms with van der Waals surface area (Å²) < 4.78 is 3.57. The molecular formula is C25H27ClN10O7S2. The molecule has 3 aromatic rings. The second kappa shape index (κ2) is 12.9. The first-order valence-electron chi connectivity index (χ1n) is 13.3. The number of imidazole rings is 1.